The van der Waals surface area contributed by atoms with Gasteiger partial charge in [-0.15, -0.1) is 0 Å². The van der Waals surface area contributed by atoms with Gasteiger partial charge in [0, 0.05) is 5.69 Å². The SMILES string of the molecule is Cc1ccc(N2C(=S)N(S(C)(=O)=O)C(=O)C23CCCCC3)cc1. The van der Waals surface area contributed by atoms with Crippen molar-refractivity contribution in [2.75, 3.05) is 11.2 Å². The van der Waals surface area contributed by atoms with Crippen LogP contribution in [0.3, 0.4) is 0 Å². The summed E-state index contributed by atoms with van der Waals surface area (Å²) >= 11 is 5.41. The van der Waals surface area contributed by atoms with E-state index in [2.05, 4.69) is 0 Å². The zero-order chi connectivity index (χ0) is 16.8. The first kappa shape index (κ1) is 16.4. The first-order chi connectivity index (χ1) is 10.8. The Kier molecular flexibility index (Phi) is 3.96. The van der Waals surface area contributed by atoms with Gasteiger partial charge >= 0.3 is 0 Å². The van der Waals surface area contributed by atoms with Gasteiger partial charge in [0.25, 0.3) is 5.91 Å². The predicted octanol–water partition coefficient (Wildman–Crippen LogP) is 2.59. The van der Waals surface area contributed by atoms with Crippen LogP contribution in [-0.4, -0.2) is 35.5 Å². The molecule has 23 heavy (non-hydrogen) atoms. The first-order valence-corrected chi connectivity index (χ1v) is 9.99. The van der Waals surface area contributed by atoms with Crippen LogP contribution in [0, 0.1) is 6.92 Å². The fourth-order valence-corrected chi connectivity index (χ4v) is 5.17. The van der Waals surface area contributed by atoms with Crippen molar-refractivity contribution in [3.63, 3.8) is 0 Å². The van der Waals surface area contributed by atoms with Crippen LogP contribution in [0.4, 0.5) is 5.69 Å². The van der Waals surface area contributed by atoms with Crippen molar-refractivity contribution in [1.29, 1.82) is 0 Å². The third-order valence-electron chi connectivity index (χ3n) is 4.68. The van der Waals surface area contributed by atoms with Crippen molar-refractivity contribution in [2.45, 2.75) is 44.6 Å². The van der Waals surface area contributed by atoms with Crippen LogP contribution in [0.1, 0.15) is 37.7 Å². The second-order valence-corrected chi connectivity index (χ2v) is 8.57. The van der Waals surface area contributed by atoms with Gasteiger partial charge in [-0.05, 0) is 44.1 Å². The Bertz CT molecular complexity index is 750. The summed E-state index contributed by atoms with van der Waals surface area (Å²) < 4.78 is 25.0. The molecule has 1 amide bonds. The monoisotopic (exact) mass is 352 g/mol. The van der Waals surface area contributed by atoms with Gasteiger partial charge < -0.3 is 4.90 Å². The van der Waals surface area contributed by atoms with Gasteiger partial charge in [0.15, 0.2) is 5.11 Å². The minimum atomic E-state index is -3.72. The molecule has 0 atom stereocenters. The highest BCUT2D eigenvalue weighted by atomic mass is 32.2. The summed E-state index contributed by atoms with van der Waals surface area (Å²) in [5.41, 5.74) is 1.03. The molecule has 0 N–H and O–H groups in total. The minimum Gasteiger partial charge on any atom is -0.302 e. The van der Waals surface area contributed by atoms with Crippen LogP contribution in [0.5, 0.6) is 0 Å². The van der Waals surface area contributed by atoms with Crippen LogP contribution in [0.2, 0.25) is 0 Å². The standard InChI is InChI=1S/C16H20N2O3S2/c1-12-6-8-13(9-7-12)17-15(22)18(23(2,20)21)14(19)16(17)10-4-3-5-11-16/h6-9H,3-5,10-11H2,1-2H3. The number of aryl methyl sites for hydroxylation is 1. The average Bonchev–Trinajstić information content (AvgIpc) is 2.69. The molecule has 124 valence electrons. The third kappa shape index (κ3) is 2.55. The molecule has 1 aromatic rings. The molecule has 1 spiro atoms. The van der Waals surface area contributed by atoms with E-state index in [9.17, 15) is 13.2 Å². The molecule has 0 radical (unpaired) electrons. The first-order valence-electron chi connectivity index (χ1n) is 7.73. The van der Waals surface area contributed by atoms with E-state index in [1.54, 1.807) is 4.90 Å². The molecule has 1 aliphatic carbocycles. The fraction of sp³-hybridized carbons (Fsp3) is 0.500. The molecular weight excluding hydrogens is 332 g/mol. The lowest BCUT2D eigenvalue weighted by molar-refractivity contribution is -0.128. The van der Waals surface area contributed by atoms with E-state index < -0.39 is 21.5 Å². The Morgan fingerprint density at radius 2 is 1.65 bits per heavy atom. The molecular formula is C16H20N2O3S2. The second kappa shape index (κ2) is 5.56. The maximum Gasteiger partial charge on any atom is 0.268 e. The normalized spacial score (nSPS) is 21.3. The molecule has 1 saturated heterocycles. The minimum absolute atomic E-state index is 0.0725. The molecule has 0 aromatic heterocycles. The molecule has 2 aliphatic rings. The lowest BCUT2D eigenvalue weighted by atomic mass is 9.80. The Labute approximate surface area is 142 Å². The van der Waals surface area contributed by atoms with Crippen molar-refractivity contribution < 1.29 is 13.2 Å². The van der Waals surface area contributed by atoms with Crippen molar-refractivity contribution in [1.82, 2.24) is 4.31 Å². The second-order valence-electron chi connectivity index (χ2n) is 6.38. The highest BCUT2D eigenvalue weighted by Gasteiger charge is 2.58. The number of amides is 1. The Morgan fingerprint density at radius 3 is 2.17 bits per heavy atom. The number of sulfonamides is 1. The molecule has 3 rings (SSSR count). The molecule has 7 heteroatoms. The number of hydrogen-bond acceptors (Lipinski definition) is 4. The van der Waals surface area contributed by atoms with Crippen molar-refractivity contribution in [3.05, 3.63) is 29.8 Å². The fourth-order valence-electron chi connectivity index (χ4n) is 3.56. The number of benzene rings is 1. The van der Waals surface area contributed by atoms with E-state index in [-0.39, 0.29) is 5.11 Å². The van der Waals surface area contributed by atoms with Crippen LogP contribution >= 0.6 is 12.2 Å². The van der Waals surface area contributed by atoms with E-state index in [1.165, 1.54) is 0 Å². The lowest BCUT2D eigenvalue weighted by Crippen LogP contribution is -2.51. The van der Waals surface area contributed by atoms with Crippen LogP contribution in [-0.2, 0) is 14.8 Å². The molecule has 5 nitrogen and oxygen atoms in total. The number of thiocarbonyl (C=S) groups is 1. The van der Waals surface area contributed by atoms with Gasteiger partial charge in [-0.2, -0.15) is 4.31 Å². The molecule has 0 bridgehead atoms. The average molecular weight is 352 g/mol. The van der Waals surface area contributed by atoms with E-state index >= 15 is 0 Å². The third-order valence-corrected chi connectivity index (χ3v) is 6.16. The van der Waals surface area contributed by atoms with Crippen molar-refractivity contribution in [3.8, 4) is 0 Å². The van der Waals surface area contributed by atoms with Crippen LogP contribution in [0.25, 0.3) is 0 Å². The van der Waals surface area contributed by atoms with E-state index in [1.807, 2.05) is 31.2 Å². The van der Waals surface area contributed by atoms with Gasteiger partial charge in [0.05, 0.1) is 6.26 Å². The van der Waals surface area contributed by atoms with Gasteiger partial charge in [-0.1, -0.05) is 37.0 Å². The number of anilines is 1. The smallest absolute Gasteiger partial charge is 0.268 e. The van der Waals surface area contributed by atoms with E-state index in [0.717, 1.165) is 41.1 Å². The lowest BCUT2D eigenvalue weighted by Gasteiger charge is -2.39. The Hall–Kier alpha value is -1.47. The molecule has 1 aliphatic heterocycles. The number of carbonyl (C=O) groups is 1. The maximum absolute atomic E-state index is 13.0. The predicted molar refractivity (Wildman–Crippen MR) is 93.8 cm³/mol. The largest absolute Gasteiger partial charge is 0.302 e. The number of rotatable bonds is 2. The molecule has 2 fully saturated rings. The summed E-state index contributed by atoms with van der Waals surface area (Å²) in [5.74, 6) is -0.398. The van der Waals surface area contributed by atoms with Crippen LogP contribution < -0.4 is 4.90 Å². The summed E-state index contributed by atoms with van der Waals surface area (Å²) in [6.45, 7) is 1.98. The van der Waals surface area contributed by atoms with Crippen molar-refractivity contribution >= 4 is 38.9 Å². The number of carbonyl (C=O) groups excluding carboxylic acids is 1. The highest BCUT2D eigenvalue weighted by molar-refractivity contribution is 7.91. The Balaban J connectivity index is 2.15. The van der Waals surface area contributed by atoms with Gasteiger partial charge in [-0.3, -0.25) is 4.79 Å². The molecule has 1 saturated carbocycles. The summed E-state index contributed by atoms with van der Waals surface area (Å²) in [4.78, 5) is 14.8. The summed E-state index contributed by atoms with van der Waals surface area (Å²) in [7, 11) is -3.72. The van der Waals surface area contributed by atoms with E-state index in [0.29, 0.717) is 12.8 Å². The number of hydrogen-bond donors (Lipinski definition) is 0. The molecule has 0 unspecified atom stereocenters. The summed E-state index contributed by atoms with van der Waals surface area (Å²) in [6, 6.07) is 7.69. The van der Waals surface area contributed by atoms with Crippen molar-refractivity contribution in [2.24, 2.45) is 0 Å². The van der Waals surface area contributed by atoms with Crippen LogP contribution in [0.15, 0.2) is 24.3 Å². The zero-order valence-corrected chi connectivity index (χ0v) is 14.9. The topological polar surface area (TPSA) is 57.7 Å². The van der Waals surface area contributed by atoms with Gasteiger partial charge in [0.2, 0.25) is 10.0 Å². The van der Waals surface area contributed by atoms with E-state index in [4.69, 9.17) is 12.2 Å². The zero-order valence-electron chi connectivity index (χ0n) is 13.3. The van der Waals surface area contributed by atoms with Gasteiger partial charge in [-0.25, -0.2) is 8.42 Å². The van der Waals surface area contributed by atoms with Gasteiger partial charge in [0.1, 0.15) is 5.54 Å². The highest BCUT2D eigenvalue weighted by Crippen LogP contribution is 2.44. The number of nitrogens with zero attached hydrogens (tertiary/aromatic N) is 2. The summed E-state index contributed by atoms with van der Waals surface area (Å²) in [6.07, 6.45) is 5.15. The Morgan fingerprint density at radius 1 is 1.09 bits per heavy atom. The summed E-state index contributed by atoms with van der Waals surface area (Å²) in [5, 5.41) is 0.0725. The molecule has 1 heterocycles. The maximum atomic E-state index is 13.0. The quantitative estimate of drug-likeness (QED) is 0.766. The molecule has 1 aromatic carbocycles.